The molecule has 0 radical (unpaired) electrons. The average Bonchev–Trinajstić information content (AvgIpc) is 2.29. The summed E-state index contributed by atoms with van der Waals surface area (Å²) in [5, 5.41) is 0. The van der Waals surface area contributed by atoms with Crippen LogP contribution >= 0.6 is 12.6 Å². The van der Waals surface area contributed by atoms with E-state index in [4.69, 9.17) is 0 Å². The van der Waals surface area contributed by atoms with Crippen LogP contribution in [0.2, 0.25) is 0 Å². The van der Waals surface area contributed by atoms with E-state index in [-0.39, 0.29) is 5.82 Å². The Hall–Kier alpha value is -1.63. The second-order valence-electron chi connectivity index (χ2n) is 3.43. The van der Waals surface area contributed by atoms with E-state index >= 15 is 0 Å². The summed E-state index contributed by atoms with van der Waals surface area (Å²) in [5.41, 5.74) is -1.21. The number of hydrogen-bond donors (Lipinski definition) is 1. The highest BCUT2D eigenvalue weighted by Crippen LogP contribution is 2.30. The minimum absolute atomic E-state index is 0.183. The summed E-state index contributed by atoms with van der Waals surface area (Å²) in [6.45, 7) is 0. The van der Waals surface area contributed by atoms with Crippen molar-refractivity contribution in [1.82, 2.24) is 9.97 Å². The smallest absolute Gasteiger partial charge is 0.233 e. The number of hydrogen-bond acceptors (Lipinski definition) is 3. The van der Waals surface area contributed by atoms with Gasteiger partial charge in [-0.2, -0.15) is 13.2 Å². The zero-order valence-corrected chi connectivity index (χ0v) is 9.63. The van der Waals surface area contributed by atoms with Crippen LogP contribution in [-0.4, -0.2) is 9.97 Å². The van der Waals surface area contributed by atoms with E-state index in [0.717, 1.165) is 0 Å². The second-order valence-corrected chi connectivity index (χ2v) is 3.95. The van der Waals surface area contributed by atoms with Crippen molar-refractivity contribution in [3.05, 3.63) is 42.0 Å². The van der Waals surface area contributed by atoms with Crippen molar-refractivity contribution in [3.8, 4) is 11.4 Å². The van der Waals surface area contributed by atoms with Gasteiger partial charge in [0.05, 0.1) is 6.20 Å². The van der Waals surface area contributed by atoms with E-state index in [1.807, 2.05) is 0 Å². The van der Waals surface area contributed by atoms with Crippen LogP contribution in [0.1, 0.15) is 5.69 Å². The molecular formula is C11H6F4N2S. The largest absolute Gasteiger partial charge is 0.436 e. The molecule has 0 saturated heterocycles. The summed E-state index contributed by atoms with van der Waals surface area (Å²) in [7, 11) is 0. The van der Waals surface area contributed by atoms with Gasteiger partial charge in [0.15, 0.2) is 17.3 Å². The molecule has 18 heavy (non-hydrogen) atoms. The highest BCUT2D eigenvalue weighted by atomic mass is 32.1. The number of benzene rings is 1. The van der Waals surface area contributed by atoms with Crippen molar-refractivity contribution >= 4 is 12.6 Å². The Morgan fingerprint density at radius 2 is 1.67 bits per heavy atom. The summed E-state index contributed by atoms with van der Waals surface area (Å²) in [6.07, 6.45) is -4.33. The van der Waals surface area contributed by atoms with E-state index in [1.54, 1.807) is 12.1 Å². The molecule has 0 amide bonds. The van der Waals surface area contributed by atoms with Crippen molar-refractivity contribution < 1.29 is 17.6 Å². The van der Waals surface area contributed by atoms with Gasteiger partial charge in [-0.3, -0.25) is 0 Å². The molecular weight excluding hydrogens is 268 g/mol. The molecule has 94 valence electrons. The third-order valence-corrected chi connectivity index (χ3v) is 2.44. The van der Waals surface area contributed by atoms with E-state index in [1.165, 1.54) is 12.1 Å². The topological polar surface area (TPSA) is 25.8 Å². The maximum absolute atomic E-state index is 13.0. The Morgan fingerprint density at radius 1 is 1.06 bits per heavy atom. The van der Waals surface area contributed by atoms with Crippen molar-refractivity contribution in [3.63, 3.8) is 0 Å². The molecule has 0 saturated carbocycles. The van der Waals surface area contributed by atoms with Crippen LogP contribution in [0.3, 0.4) is 0 Å². The molecule has 1 aromatic carbocycles. The number of alkyl halides is 3. The molecule has 0 aliphatic carbocycles. The van der Waals surface area contributed by atoms with Gasteiger partial charge in [0.2, 0.25) is 0 Å². The van der Waals surface area contributed by atoms with E-state index in [9.17, 15) is 17.6 Å². The van der Waals surface area contributed by atoms with Gasteiger partial charge in [0.25, 0.3) is 0 Å². The molecule has 7 heteroatoms. The third-order valence-electron chi connectivity index (χ3n) is 2.14. The van der Waals surface area contributed by atoms with Crippen LogP contribution < -0.4 is 0 Å². The summed E-state index contributed by atoms with van der Waals surface area (Å²) in [4.78, 5) is 7.40. The first-order valence-corrected chi connectivity index (χ1v) is 5.22. The summed E-state index contributed by atoms with van der Waals surface area (Å²) in [6, 6.07) is 6.18. The summed E-state index contributed by atoms with van der Waals surface area (Å²) >= 11 is 4.05. The first-order chi connectivity index (χ1) is 8.38. The first-order valence-electron chi connectivity index (χ1n) is 4.77. The zero-order valence-electron chi connectivity index (χ0n) is 8.74. The highest BCUT2D eigenvalue weighted by Gasteiger charge is 2.36. The number of nitrogens with zero attached hydrogens (tertiary/aromatic N) is 2. The fourth-order valence-corrected chi connectivity index (χ4v) is 1.46. The Morgan fingerprint density at radius 3 is 2.22 bits per heavy atom. The maximum atomic E-state index is 13.0. The highest BCUT2D eigenvalue weighted by molar-refractivity contribution is 7.80. The van der Waals surface area contributed by atoms with Crippen LogP contribution in [0.25, 0.3) is 11.4 Å². The Balaban J connectivity index is 2.50. The normalized spacial score (nSPS) is 11.6. The van der Waals surface area contributed by atoms with Crippen LogP contribution in [0, 0.1) is 5.82 Å². The Bertz CT molecular complexity index is 566. The monoisotopic (exact) mass is 274 g/mol. The van der Waals surface area contributed by atoms with Gasteiger partial charge in [-0.05, 0) is 12.1 Å². The lowest BCUT2D eigenvalue weighted by molar-refractivity contribution is -0.143. The van der Waals surface area contributed by atoms with Crippen molar-refractivity contribution in [2.45, 2.75) is 11.1 Å². The molecule has 2 aromatic rings. The van der Waals surface area contributed by atoms with Crippen LogP contribution in [0.15, 0.2) is 35.4 Å². The molecule has 0 fully saturated rings. The average molecular weight is 274 g/mol. The molecule has 0 unspecified atom stereocenters. The first kappa shape index (κ1) is 12.8. The van der Waals surface area contributed by atoms with Gasteiger partial charge in [-0.25, -0.2) is 14.4 Å². The fourth-order valence-electron chi connectivity index (χ4n) is 1.32. The predicted octanol–water partition coefficient (Wildman–Crippen LogP) is 3.59. The van der Waals surface area contributed by atoms with Crippen molar-refractivity contribution in [2.75, 3.05) is 0 Å². The molecule has 0 N–H and O–H groups in total. The molecule has 2 nitrogen and oxygen atoms in total. The van der Waals surface area contributed by atoms with Gasteiger partial charge < -0.3 is 0 Å². The number of thiol groups is 1. The quantitative estimate of drug-likeness (QED) is 0.635. The Kier molecular flexibility index (Phi) is 3.25. The SMILES string of the molecule is Fc1cnc(-c2ccc(S)cc2)nc1C(F)(F)F. The van der Waals surface area contributed by atoms with Gasteiger partial charge in [0.1, 0.15) is 0 Å². The zero-order chi connectivity index (χ0) is 13.3. The number of aromatic nitrogens is 2. The lowest BCUT2D eigenvalue weighted by Crippen LogP contribution is -2.12. The summed E-state index contributed by atoms with van der Waals surface area (Å²) in [5.74, 6) is -1.67. The molecule has 0 spiro atoms. The van der Waals surface area contributed by atoms with E-state index in [2.05, 4.69) is 22.6 Å². The van der Waals surface area contributed by atoms with Gasteiger partial charge in [0, 0.05) is 10.5 Å². The number of halogens is 4. The van der Waals surface area contributed by atoms with Gasteiger partial charge in [-0.1, -0.05) is 12.1 Å². The minimum Gasteiger partial charge on any atom is -0.233 e. The molecule has 2 rings (SSSR count). The van der Waals surface area contributed by atoms with Crippen molar-refractivity contribution in [2.24, 2.45) is 0 Å². The van der Waals surface area contributed by atoms with Gasteiger partial charge >= 0.3 is 6.18 Å². The molecule has 0 aliphatic heterocycles. The molecule has 0 bridgehead atoms. The standard InChI is InChI=1S/C11H6F4N2S/c12-8-5-16-10(17-9(8)11(13,14)15)6-1-3-7(18)4-2-6/h1-5,18H. The van der Waals surface area contributed by atoms with Crippen LogP contribution in [0.5, 0.6) is 0 Å². The lowest BCUT2D eigenvalue weighted by Gasteiger charge is -2.08. The number of rotatable bonds is 1. The molecule has 1 heterocycles. The minimum atomic E-state index is -4.84. The van der Waals surface area contributed by atoms with Gasteiger partial charge in [-0.15, -0.1) is 12.6 Å². The third kappa shape index (κ3) is 2.61. The predicted molar refractivity (Wildman–Crippen MR) is 59.7 cm³/mol. The van der Waals surface area contributed by atoms with Crippen LogP contribution in [0.4, 0.5) is 17.6 Å². The molecule has 1 aromatic heterocycles. The molecule has 0 aliphatic rings. The lowest BCUT2D eigenvalue weighted by atomic mass is 10.2. The maximum Gasteiger partial charge on any atom is 0.436 e. The second kappa shape index (κ2) is 4.56. The van der Waals surface area contributed by atoms with Crippen molar-refractivity contribution in [1.29, 1.82) is 0 Å². The Labute approximate surface area is 105 Å². The fraction of sp³-hybridized carbons (Fsp3) is 0.0909. The molecule has 0 atom stereocenters. The van der Waals surface area contributed by atoms with Crippen LogP contribution in [-0.2, 0) is 6.18 Å². The van der Waals surface area contributed by atoms with E-state index < -0.39 is 17.7 Å². The summed E-state index contributed by atoms with van der Waals surface area (Å²) < 4.78 is 50.4. The van der Waals surface area contributed by atoms with E-state index in [0.29, 0.717) is 16.7 Å².